The number of ether oxygens (including phenoxy) is 2. The van der Waals surface area contributed by atoms with Gasteiger partial charge >= 0.3 is 11.9 Å². The number of benzene rings is 1. The fraction of sp³-hybridized carbons (Fsp3) is 0.200. The van der Waals surface area contributed by atoms with E-state index in [1.165, 1.54) is 18.3 Å². The highest BCUT2D eigenvalue weighted by Gasteiger charge is 2.25. The number of rotatable bonds is 5. The zero-order chi connectivity index (χ0) is 17.9. The second kappa shape index (κ2) is 6.90. The molecule has 2 aromatic rings. The van der Waals surface area contributed by atoms with E-state index < -0.39 is 34.1 Å². The number of aromatic nitrogens is 1. The van der Waals surface area contributed by atoms with E-state index in [2.05, 4.69) is 4.74 Å². The second-order valence-electron chi connectivity index (χ2n) is 4.55. The molecule has 0 aliphatic rings. The molecule has 1 aromatic heterocycles. The Balaban J connectivity index is 2.63. The summed E-state index contributed by atoms with van der Waals surface area (Å²) < 4.78 is 24.2. The van der Waals surface area contributed by atoms with Gasteiger partial charge in [-0.15, -0.1) is 0 Å². The predicted molar refractivity (Wildman–Crippen MR) is 79.7 cm³/mol. The zero-order valence-electron chi connectivity index (χ0n) is 12.8. The predicted octanol–water partition coefficient (Wildman–Crippen LogP) is 2.49. The van der Waals surface area contributed by atoms with Crippen molar-refractivity contribution >= 4 is 17.6 Å². The van der Waals surface area contributed by atoms with Crippen LogP contribution in [0.25, 0.3) is 5.69 Å². The van der Waals surface area contributed by atoms with E-state index in [0.29, 0.717) is 0 Å². The summed E-state index contributed by atoms with van der Waals surface area (Å²) in [4.78, 5) is 34.0. The van der Waals surface area contributed by atoms with Crippen LogP contribution in [0.3, 0.4) is 0 Å². The molecule has 9 heteroatoms. The molecule has 0 aliphatic heterocycles. The number of nitrogens with zero attached hydrogens (tertiary/aromatic N) is 2. The highest BCUT2D eigenvalue weighted by atomic mass is 19.1. The number of halogens is 1. The molecule has 0 saturated heterocycles. The molecular formula is C15H13FN2O6. The van der Waals surface area contributed by atoms with Gasteiger partial charge in [-0.05, 0) is 25.1 Å². The van der Waals surface area contributed by atoms with Gasteiger partial charge in [-0.3, -0.25) is 10.1 Å². The molecule has 0 N–H and O–H groups in total. The Hall–Kier alpha value is -3.23. The van der Waals surface area contributed by atoms with Crippen molar-refractivity contribution in [3.63, 3.8) is 0 Å². The van der Waals surface area contributed by atoms with Gasteiger partial charge in [0, 0.05) is 12.3 Å². The van der Waals surface area contributed by atoms with Gasteiger partial charge < -0.3 is 14.0 Å². The third-order valence-electron chi connectivity index (χ3n) is 3.16. The highest BCUT2D eigenvalue weighted by molar-refractivity contribution is 5.92. The minimum absolute atomic E-state index is 0.0207. The molecule has 0 spiro atoms. The van der Waals surface area contributed by atoms with E-state index in [-0.39, 0.29) is 17.9 Å². The first kappa shape index (κ1) is 17.1. The molecule has 1 aromatic carbocycles. The van der Waals surface area contributed by atoms with E-state index in [1.807, 2.05) is 0 Å². The van der Waals surface area contributed by atoms with E-state index in [0.717, 1.165) is 23.8 Å². The first-order valence-corrected chi connectivity index (χ1v) is 6.81. The summed E-state index contributed by atoms with van der Waals surface area (Å²) in [5, 5.41) is 11.3. The van der Waals surface area contributed by atoms with E-state index in [9.17, 15) is 24.1 Å². The van der Waals surface area contributed by atoms with Crippen LogP contribution in [-0.4, -0.2) is 35.1 Å². The Bertz CT molecular complexity index is 814. The average Bonchev–Trinajstić information content (AvgIpc) is 2.95. The molecule has 0 unspecified atom stereocenters. The molecular weight excluding hydrogens is 323 g/mol. The fourth-order valence-electron chi connectivity index (χ4n) is 2.12. The van der Waals surface area contributed by atoms with Gasteiger partial charge in [0.2, 0.25) is 0 Å². The largest absolute Gasteiger partial charge is 0.465 e. The van der Waals surface area contributed by atoms with E-state index >= 15 is 0 Å². The Kier molecular flexibility index (Phi) is 4.93. The van der Waals surface area contributed by atoms with Crippen LogP contribution in [0, 0.1) is 15.9 Å². The lowest BCUT2D eigenvalue weighted by Crippen LogP contribution is -2.14. The maximum Gasteiger partial charge on any atom is 0.358 e. The van der Waals surface area contributed by atoms with Crippen LogP contribution in [0.4, 0.5) is 10.1 Å². The first-order valence-electron chi connectivity index (χ1n) is 6.81. The standard InChI is InChI=1S/C15H13FN2O6/c1-3-24-15(20)13-10(16)6-7-17(13)11-5-4-9(14(19)23-2)8-12(11)18(21)22/h4-8H,3H2,1-2H3. The number of carbonyl (C=O) groups is 2. The summed E-state index contributed by atoms with van der Waals surface area (Å²) >= 11 is 0. The van der Waals surface area contributed by atoms with Crippen molar-refractivity contribution in [2.24, 2.45) is 0 Å². The smallest absolute Gasteiger partial charge is 0.358 e. The summed E-state index contributed by atoms with van der Waals surface area (Å²) in [6, 6.07) is 4.49. The molecule has 0 fully saturated rings. The minimum atomic E-state index is -0.952. The quantitative estimate of drug-likeness (QED) is 0.472. The highest BCUT2D eigenvalue weighted by Crippen LogP contribution is 2.27. The van der Waals surface area contributed by atoms with Crippen LogP contribution >= 0.6 is 0 Å². The Morgan fingerprint density at radius 3 is 2.58 bits per heavy atom. The van der Waals surface area contributed by atoms with Gasteiger partial charge in [-0.1, -0.05) is 0 Å². The number of methoxy groups -OCH3 is 1. The molecule has 8 nitrogen and oxygen atoms in total. The van der Waals surface area contributed by atoms with Gasteiger partial charge in [0.25, 0.3) is 5.69 Å². The maximum atomic E-state index is 13.9. The molecule has 0 saturated carbocycles. The van der Waals surface area contributed by atoms with Gasteiger partial charge in [0.15, 0.2) is 11.5 Å². The SMILES string of the molecule is CCOC(=O)c1c(F)ccn1-c1ccc(C(=O)OC)cc1[N+](=O)[O-]. The number of hydrogen-bond acceptors (Lipinski definition) is 6. The number of carbonyl (C=O) groups excluding carboxylic acids is 2. The van der Waals surface area contributed by atoms with Gasteiger partial charge in [-0.25, -0.2) is 14.0 Å². The summed E-state index contributed by atoms with van der Waals surface area (Å²) in [7, 11) is 1.14. The lowest BCUT2D eigenvalue weighted by Gasteiger charge is -2.10. The van der Waals surface area contributed by atoms with E-state index in [1.54, 1.807) is 6.92 Å². The Morgan fingerprint density at radius 2 is 2.00 bits per heavy atom. The number of nitro benzene ring substituents is 1. The maximum absolute atomic E-state index is 13.9. The summed E-state index contributed by atoms with van der Waals surface area (Å²) in [6.07, 6.45) is 1.17. The van der Waals surface area contributed by atoms with Crippen molar-refractivity contribution in [1.29, 1.82) is 0 Å². The van der Waals surface area contributed by atoms with Gasteiger partial charge in [-0.2, -0.15) is 0 Å². The topological polar surface area (TPSA) is 101 Å². The summed E-state index contributed by atoms with van der Waals surface area (Å²) in [5.74, 6) is -2.58. The Labute approximate surface area is 135 Å². The number of hydrogen-bond donors (Lipinski definition) is 0. The first-order chi connectivity index (χ1) is 11.4. The van der Waals surface area contributed by atoms with Crippen LogP contribution in [0.2, 0.25) is 0 Å². The third kappa shape index (κ3) is 3.09. The van der Waals surface area contributed by atoms with Gasteiger partial charge in [0.1, 0.15) is 5.69 Å². The molecule has 0 radical (unpaired) electrons. The zero-order valence-corrected chi connectivity index (χ0v) is 12.8. The molecule has 0 atom stereocenters. The lowest BCUT2D eigenvalue weighted by molar-refractivity contribution is -0.384. The van der Waals surface area contributed by atoms with Gasteiger partial charge in [0.05, 0.1) is 24.2 Å². The van der Waals surface area contributed by atoms with Crippen LogP contribution in [0.1, 0.15) is 27.8 Å². The van der Waals surface area contributed by atoms with Crippen molar-refractivity contribution in [3.05, 3.63) is 57.7 Å². The molecule has 0 aliphatic carbocycles. The van der Waals surface area contributed by atoms with Crippen molar-refractivity contribution in [1.82, 2.24) is 4.57 Å². The molecule has 0 bridgehead atoms. The molecule has 126 valence electrons. The van der Waals surface area contributed by atoms with Crippen molar-refractivity contribution in [2.75, 3.05) is 13.7 Å². The lowest BCUT2D eigenvalue weighted by atomic mass is 10.1. The Morgan fingerprint density at radius 1 is 1.29 bits per heavy atom. The number of esters is 2. The normalized spacial score (nSPS) is 10.3. The van der Waals surface area contributed by atoms with Crippen LogP contribution < -0.4 is 0 Å². The minimum Gasteiger partial charge on any atom is -0.465 e. The summed E-state index contributed by atoms with van der Waals surface area (Å²) in [5.41, 5.74) is -1.08. The van der Waals surface area contributed by atoms with Crippen molar-refractivity contribution < 1.29 is 28.4 Å². The monoisotopic (exact) mass is 336 g/mol. The van der Waals surface area contributed by atoms with Crippen LogP contribution in [0.15, 0.2) is 30.5 Å². The van der Waals surface area contributed by atoms with Crippen LogP contribution in [0.5, 0.6) is 0 Å². The third-order valence-corrected chi connectivity index (χ3v) is 3.16. The van der Waals surface area contributed by atoms with E-state index in [4.69, 9.17) is 4.74 Å². The van der Waals surface area contributed by atoms with Crippen LogP contribution in [-0.2, 0) is 9.47 Å². The fourth-order valence-corrected chi connectivity index (χ4v) is 2.12. The molecule has 0 amide bonds. The second-order valence-corrected chi connectivity index (χ2v) is 4.55. The van der Waals surface area contributed by atoms with Crippen molar-refractivity contribution in [3.8, 4) is 5.69 Å². The summed E-state index contributed by atoms with van der Waals surface area (Å²) in [6.45, 7) is 1.57. The molecule has 24 heavy (non-hydrogen) atoms. The molecule has 2 rings (SSSR count). The molecule has 1 heterocycles. The van der Waals surface area contributed by atoms with Crippen molar-refractivity contribution in [2.45, 2.75) is 6.92 Å². The number of nitro groups is 1. The average molecular weight is 336 g/mol.